The monoisotopic (exact) mass is 157 g/mol. The van der Waals surface area contributed by atoms with Crippen molar-refractivity contribution in [2.24, 2.45) is 4.99 Å². The zero-order chi connectivity index (χ0) is 8.48. The minimum Gasteiger partial charge on any atom is -0.479 e. The lowest BCUT2D eigenvalue weighted by atomic mass is 9.98. The number of aliphatic carboxylic acids is 2. The molecule has 5 heteroatoms. The molecular formula is C6H7NO4. The summed E-state index contributed by atoms with van der Waals surface area (Å²) in [4.78, 5) is 24.4. The molecule has 1 heterocycles. The van der Waals surface area contributed by atoms with Crippen molar-refractivity contribution in [3.63, 3.8) is 0 Å². The SMILES string of the molecule is O=C(O)C1(C(=O)O)CCC=N1. The van der Waals surface area contributed by atoms with E-state index < -0.39 is 17.5 Å². The van der Waals surface area contributed by atoms with Crippen LogP contribution < -0.4 is 0 Å². The molecule has 1 rings (SSSR count). The van der Waals surface area contributed by atoms with Crippen molar-refractivity contribution in [2.45, 2.75) is 18.4 Å². The van der Waals surface area contributed by atoms with E-state index in [1.54, 1.807) is 0 Å². The molecule has 5 nitrogen and oxygen atoms in total. The highest BCUT2D eigenvalue weighted by molar-refractivity contribution is 6.05. The van der Waals surface area contributed by atoms with Crippen LogP contribution in [0.25, 0.3) is 0 Å². The van der Waals surface area contributed by atoms with E-state index in [1.165, 1.54) is 6.21 Å². The molecule has 0 atom stereocenters. The van der Waals surface area contributed by atoms with Gasteiger partial charge >= 0.3 is 11.9 Å². The van der Waals surface area contributed by atoms with Crippen LogP contribution in [0.15, 0.2) is 4.99 Å². The van der Waals surface area contributed by atoms with Crippen molar-refractivity contribution in [3.8, 4) is 0 Å². The molecule has 11 heavy (non-hydrogen) atoms. The van der Waals surface area contributed by atoms with Gasteiger partial charge in [-0.2, -0.15) is 0 Å². The zero-order valence-electron chi connectivity index (χ0n) is 5.65. The Kier molecular flexibility index (Phi) is 1.64. The molecule has 0 aromatic rings. The fourth-order valence-electron chi connectivity index (χ4n) is 0.974. The van der Waals surface area contributed by atoms with Crippen molar-refractivity contribution in [1.29, 1.82) is 0 Å². The van der Waals surface area contributed by atoms with Crippen molar-refractivity contribution in [2.75, 3.05) is 0 Å². The van der Waals surface area contributed by atoms with E-state index in [1.807, 2.05) is 0 Å². The molecule has 1 aliphatic rings. The van der Waals surface area contributed by atoms with Gasteiger partial charge < -0.3 is 10.2 Å². The first-order valence-corrected chi connectivity index (χ1v) is 3.10. The second-order valence-electron chi connectivity index (χ2n) is 2.32. The first-order valence-electron chi connectivity index (χ1n) is 3.10. The zero-order valence-corrected chi connectivity index (χ0v) is 5.65. The van der Waals surface area contributed by atoms with Gasteiger partial charge in [-0.15, -0.1) is 0 Å². The molecule has 0 radical (unpaired) electrons. The molecule has 0 aromatic carbocycles. The largest absolute Gasteiger partial charge is 0.479 e. The highest BCUT2D eigenvalue weighted by atomic mass is 16.4. The fourth-order valence-corrected chi connectivity index (χ4v) is 0.974. The predicted octanol–water partition coefficient (Wildman–Crippen LogP) is -0.241. The van der Waals surface area contributed by atoms with Crippen LogP contribution in [0, 0.1) is 0 Å². The number of hydrogen-bond acceptors (Lipinski definition) is 3. The Morgan fingerprint density at radius 1 is 1.36 bits per heavy atom. The number of aliphatic imine (C=N–C) groups is 1. The Labute approximate surface area is 62.4 Å². The van der Waals surface area contributed by atoms with E-state index in [2.05, 4.69) is 4.99 Å². The summed E-state index contributed by atoms with van der Waals surface area (Å²) < 4.78 is 0. The minimum absolute atomic E-state index is 0.0532. The van der Waals surface area contributed by atoms with Gasteiger partial charge in [-0.3, -0.25) is 4.99 Å². The summed E-state index contributed by atoms with van der Waals surface area (Å²) >= 11 is 0. The maximum Gasteiger partial charge on any atom is 0.343 e. The van der Waals surface area contributed by atoms with E-state index in [0.717, 1.165) is 0 Å². The van der Waals surface area contributed by atoms with Crippen LogP contribution in [0.5, 0.6) is 0 Å². The fraction of sp³-hybridized carbons (Fsp3) is 0.500. The quantitative estimate of drug-likeness (QED) is 0.541. The second kappa shape index (κ2) is 2.34. The molecule has 0 aromatic heterocycles. The first-order chi connectivity index (χ1) is 5.09. The van der Waals surface area contributed by atoms with Gasteiger partial charge in [0.25, 0.3) is 5.54 Å². The number of carboxylic acid groups (broad SMARTS) is 2. The van der Waals surface area contributed by atoms with Crippen LogP contribution >= 0.6 is 0 Å². The van der Waals surface area contributed by atoms with Gasteiger partial charge in [0, 0.05) is 6.21 Å². The smallest absolute Gasteiger partial charge is 0.343 e. The van der Waals surface area contributed by atoms with Crippen molar-refractivity contribution >= 4 is 18.2 Å². The van der Waals surface area contributed by atoms with Gasteiger partial charge in [0.2, 0.25) is 0 Å². The summed E-state index contributed by atoms with van der Waals surface area (Å²) in [7, 11) is 0. The number of rotatable bonds is 2. The topological polar surface area (TPSA) is 87.0 Å². The Bertz CT molecular complexity index is 219. The summed E-state index contributed by atoms with van der Waals surface area (Å²) in [6, 6.07) is 0. The lowest BCUT2D eigenvalue weighted by Gasteiger charge is -2.13. The molecule has 60 valence electrons. The number of hydrogen-bond donors (Lipinski definition) is 2. The van der Waals surface area contributed by atoms with Gasteiger partial charge in [-0.1, -0.05) is 0 Å². The summed E-state index contributed by atoms with van der Waals surface area (Å²) in [5.74, 6) is -2.78. The van der Waals surface area contributed by atoms with Gasteiger partial charge in [0.05, 0.1) is 0 Å². The van der Waals surface area contributed by atoms with Crippen molar-refractivity contribution < 1.29 is 19.8 Å². The molecule has 0 aliphatic carbocycles. The van der Waals surface area contributed by atoms with Gasteiger partial charge in [0.1, 0.15) is 0 Å². The van der Waals surface area contributed by atoms with Crippen molar-refractivity contribution in [3.05, 3.63) is 0 Å². The normalized spacial score (nSPS) is 20.0. The molecular weight excluding hydrogens is 150 g/mol. The molecule has 0 saturated heterocycles. The second-order valence-corrected chi connectivity index (χ2v) is 2.32. The summed E-state index contributed by atoms with van der Waals surface area (Å²) in [6.45, 7) is 0. The van der Waals surface area contributed by atoms with E-state index in [4.69, 9.17) is 10.2 Å². The predicted molar refractivity (Wildman–Crippen MR) is 35.7 cm³/mol. The molecule has 0 bridgehead atoms. The number of nitrogens with zero attached hydrogens (tertiary/aromatic N) is 1. The molecule has 1 aliphatic heterocycles. The molecule has 0 amide bonds. The van der Waals surface area contributed by atoms with Crippen LogP contribution in [-0.4, -0.2) is 33.9 Å². The van der Waals surface area contributed by atoms with Crippen molar-refractivity contribution in [1.82, 2.24) is 0 Å². The van der Waals surface area contributed by atoms with Gasteiger partial charge in [-0.25, -0.2) is 9.59 Å². The maximum absolute atomic E-state index is 10.5. The van der Waals surface area contributed by atoms with E-state index in [0.29, 0.717) is 6.42 Å². The van der Waals surface area contributed by atoms with E-state index in [9.17, 15) is 9.59 Å². The Morgan fingerprint density at radius 2 is 1.91 bits per heavy atom. The highest BCUT2D eigenvalue weighted by Gasteiger charge is 2.47. The molecule has 0 fully saturated rings. The summed E-state index contributed by atoms with van der Waals surface area (Å²) in [6.07, 6.45) is 1.80. The van der Waals surface area contributed by atoms with E-state index >= 15 is 0 Å². The Hall–Kier alpha value is -1.39. The Morgan fingerprint density at radius 3 is 2.09 bits per heavy atom. The third-order valence-corrected chi connectivity index (χ3v) is 1.65. The summed E-state index contributed by atoms with van der Waals surface area (Å²) in [5.41, 5.74) is -1.90. The molecule has 0 spiro atoms. The van der Waals surface area contributed by atoms with Gasteiger partial charge in [0.15, 0.2) is 0 Å². The minimum atomic E-state index is -1.90. The first kappa shape index (κ1) is 7.71. The average Bonchev–Trinajstić information content (AvgIpc) is 2.34. The van der Waals surface area contributed by atoms with Crippen LogP contribution in [0.4, 0.5) is 0 Å². The molecule has 0 saturated carbocycles. The van der Waals surface area contributed by atoms with Crippen LogP contribution in [0.2, 0.25) is 0 Å². The third kappa shape index (κ3) is 0.978. The van der Waals surface area contributed by atoms with Gasteiger partial charge in [-0.05, 0) is 12.8 Å². The lowest BCUT2D eigenvalue weighted by molar-refractivity contribution is -0.156. The average molecular weight is 157 g/mol. The lowest BCUT2D eigenvalue weighted by Crippen LogP contribution is -2.42. The van der Waals surface area contributed by atoms with Crippen LogP contribution in [0.3, 0.4) is 0 Å². The standard InChI is InChI=1S/C6H7NO4/c8-4(9)6(5(10)11)2-1-3-7-6/h3H,1-2H2,(H,8,9)(H,10,11). The summed E-state index contributed by atoms with van der Waals surface area (Å²) in [5, 5.41) is 17.1. The number of carbonyl (C=O) groups is 2. The number of carboxylic acids is 2. The van der Waals surface area contributed by atoms with Crippen LogP contribution in [-0.2, 0) is 9.59 Å². The van der Waals surface area contributed by atoms with E-state index in [-0.39, 0.29) is 6.42 Å². The molecule has 0 unspecified atom stereocenters. The highest BCUT2D eigenvalue weighted by Crippen LogP contribution is 2.23. The third-order valence-electron chi connectivity index (χ3n) is 1.65. The van der Waals surface area contributed by atoms with Crippen LogP contribution in [0.1, 0.15) is 12.8 Å². The molecule has 2 N–H and O–H groups in total. The Balaban J connectivity index is 2.98. The maximum atomic E-state index is 10.5.